The van der Waals surface area contributed by atoms with Crippen LogP contribution in [0.1, 0.15) is 17.0 Å². The summed E-state index contributed by atoms with van der Waals surface area (Å²) < 4.78 is 0. The summed E-state index contributed by atoms with van der Waals surface area (Å²) in [5.74, 6) is 0.864. The highest BCUT2D eigenvalue weighted by Gasteiger charge is 2.10. The maximum Gasteiger partial charge on any atom is 0.131 e. The summed E-state index contributed by atoms with van der Waals surface area (Å²) >= 11 is 1.67. The number of fused-ring (bicyclic) bond motifs is 1. The molecule has 0 unspecified atom stereocenters. The summed E-state index contributed by atoms with van der Waals surface area (Å²) in [6.45, 7) is 2.10. The Balaban J connectivity index is 1.59. The predicted molar refractivity (Wildman–Crippen MR) is 100 cm³/mol. The van der Waals surface area contributed by atoms with Gasteiger partial charge in [0.15, 0.2) is 0 Å². The number of benzene rings is 2. The first kappa shape index (κ1) is 15.0. The number of rotatable bonds is 4. The van der Waals surface area contributed by atoms with E-state index in [4.69, 9.17) is 4.98 Å². The van der Waals surface area contributed by atoms with E-state index in [1.54, 1.807) is 11.3 Å². The van der Waals surface area contributed by atoms with Crippen LogP contribution in [0.3, 0.4) is 0 Å². The molecule has 2 aromatic heterocycles. The van der Waals surface area contributed by atoms with Gasteiger partial charge in [-0.25, -0.2) is 9.97 Å². The summed E-state index contributed by atoms with van der Waals surface area (Å²) in [5, 5.41) is 3.17. The number of nitrogens with zero attached hydrogens (tertiary/aromatic N) is 2. The van der Waals surface area contributed by atoms with E-state index in [-0.39, 0.29) is 0 Å². The number of thiophene rings is 1. The number of aryl methyl sites for hydroxylation is 3. The topological polar surface area (TPSA) is 25.8 Å². The molecule has 0 aliphatic rings. The first-order valence-corrected chi connectivity index (χ1v) is 8.94. The molecule has 3 heteroatoms. The van der Waals surface area contributed by atoms with Gasteiger partial charge in [-0.3, -0.25) is 0 Å². The molecular weight excluding hydrogens is 312 g/mol. The third-order valence-corrected chi connectivity index (χ3v) is 5.01. The summed E-state index contributed by atoms with van der Waals surface area (Å²) in [6.07, 6.45) is 5.01. The Hall–Kier alpha value is -2.52. The van der Waals surface area contributed by atoms with Crippen LogP contribution < -0.4 is 0 Å². The van der Waals surface area contributed by atoms with Crippen LogP contribution in [0, 0.1) is 13.1 Å². The molecule has 2 nitrogen and oxygen atoms in total. The van der Waals surface area contributed by atoms with Gasteiger partial charge in [-0.05, 0) is 24.5 Å². The molecule has 0 N–H and O–H groups in total. The lowest BCUT2D eigenvalue weighted by molar-refractivity contribution is 0.870. The Morgan fingerprint density at radius 2 is 1.75 bits per heavy atom. The van der Waals surface area contributed by atoms with Crippen molar-refractivity contribution in [3.05, 3.63) is 83.1 Å². The number of aromatic nitrogens is 2. The molecule has 0 spiro atoms. The Bertz CT molecular complexity index is 956. The smallest absolute Gasteiger partial charge is 0.131 e. The van der Waals surface area contributed by atoms with Gasteiger partial charge in [-0.2, -0.15) is 0 Å². The van der Waals surface area contributed by atoms with Crippen molar-refractivity contribution < 1.29 is 0 Å². The summed E-state index contributed by atoms with van der Waals surface area (Å²) in [6, 6.07) is 19.0. The van der Waals surface area contributed by atoms with Gasteiger partial charge in [0, 0.05) is 22.8 Å². The largest absolute Gasteiger partial charge is 0.230 e. The molecule has 0 saturated heterocycles. The van der Waals surface area contributed by atoms with Crippen molar-refractivity contribution in [3.63, 3.8) is 0 Å². The lowest BCUT2D eigenvalue weighted by Crippen LogP contribution is -1.97. The minimum atomic E-state index is 0.841. The van der Waals surface area contributed by atoms with Gasteiger partial charge in [0.05, 0.1) is 0 Å². The molecule has 0 aliphatic carbocycles. The first-order chi connectivity index (χ1) is 11.8. The van der Waals surface area contributed by atoms with E-state index in [9.17, 15) is 0 Å². The second kappa shape index (κ2) is 6.54. The molecule has 1 radical (unpaired) electrons. The molecule has 24 heavy (non-hydrogen) atoms. The van der Waals surface area contributed by atoms with Crippen molar-refractivity contribution in [2.75, 3.05) is 0 Å². The average molecular weight is 329 g/mol. The molecule has 4 rings (SSSR count). The minimum Gasteiger partial charge on any atom is -0.230 e. The second-order valence-corrected chi connectivity index (χ2v) is 6.79. The van der Waals surface area contributed by atoms with Crippen LogP contribution in [0.15, 0.2) is 60.0 Å². The molecule has 4 aromatic rings. The zero-order valence-corrected chi connectivity index (χ0v) is 14.3. The molecule has 0 saturated carbocycles. The van der Waals surface area contributed by atoms with Crippen LogP contribution in [0.2, 0.25) is 0 Å². The van der Waals surface area contributed by atoms with Gasteiger partial charge >= 0.3 is 0 Å². The zero-order valence-electron chi connectivity index (χ0n) is 13.5. The van der Waals surface area contributed by atoms with Gasteiger partial charge in [0.25, 0.3) is 0 Å². The lowest BCUT2D eigenvalue weighted by Gasteiger charge is -2.02. The van der Waals surface area contributed by atoms with Crippen LogP contribution in [-0.4, -0.2) is 9.97 Å². The van der Waals surface area contributed by atoms with Gasteiger partial charge in [0.2, 0.25) is 0 Å². The molecule has 2 aromatic carbocycles. The molecular formula is C21H17N2S. The Morgan fingerprint density at radius 3 is 2.54 bits per heavy atom. The Morgan fingerprint density at radius 1 is 0.958 bits per heavy atom. The predicted octanol–water partition coefficient (Wildman–Crippen LogP) is 5.25. The number of hydrogen-bond acceptors (Lipinski definition) is 3. The van der Waals surface area contributed by atoms with Gasteiger partial charge in [-0.1, -0.05) is 60.2 Å². The second-order valence-electron chi connectivity index (χ2n) is 5.93. The van der Waals surface area contributed by atoms with E-state index < -0.39 is 0 Å². The maximum atomic E-state index is 4.73. The molecule has 2 heterocycles. The van der Waals surface area contributed by atoms with E-state index in [1.807, 2.05) is 6.07 Å². The van der Waals surface area contributed by atoms with E-state index in [2.05, 4.69) is 72.0 Å². The van der Waals surface area contributed by atoms with E-state index in [0.29, 0.717) is 0 Å². The van der Waals surface area contributed by atoms with Crippen LogP contribution in [0.25, 0.3) is 21.3 Å². The van der Waals surface area contributed by atoms with E-state index in [0.717, 1.165) is 28.9 Å². The maximum absolute atomic E-state index is 4.73. The summed E-state index contributed by atoms with van der Waals surface area (Å²) in [4.78, 5) is 10.2. The Kier molecular flexibility index (Phi) is 4.09. The van der Waals surface area contributed by atoms with Gasteiger partial charge in [-0.15, -0.1) is 11.3 Å². The monoisotopic (exact) mass is 329 g/mol. The quantitative estimate of drug-likeness (QED) is 0.511. The first-order valence-electron chi connectivity index (χ1n) is 8.06. The van der Waals surface area contributed by atoms with Crippen molar-refractivity contribution in [2.45, 2.75) is 19.8 Å². The van der Waals surface area contributed by atoms with Crippen molar-refractivity contribution in [1.29, 1.82) is 0 Å². The fourth-order valence-electron chi connectivity index (χ4n) is 2.76. The molecule has 0 fully saturated rings. The van der Waals surface area contributed by atoms with Crippen molar-refractivity contribution in [2.24, 2.45) is 0 Å². The highest BCUT2D eigenvalue weighted by atomic mass is 32.1. The third-order valence-electron chi connectivity index (χ3n) is 4.14. The van der Waals surface area contributed by atoms with Crippen molar-refractivity contribution >= 4 is 21.6 Å². The highest BCUT2D eigenvalue weighted by Crippen LogP contribution is 2.32. The Labute approximate surface area is 145 Å². The normalized spacial score (nSPS) is 11.0. The lowest BCUT2D eigenvalue weighted by atomic mass is 10.1. The number of hydrogen-bond donors (Lipinski definition) is 0. The molecule has 0 atom stereocenters. The molecule has 0 aliphatic heterocycles. The fraction of sp³-hybridized carbons (Fsp3) is 0.143. The van der Waals surface area contributed by atoms with Crippen molar-refractivity contribution in [3.8, 4) is 11.1 Å². The average Bonchev–Trinajstić information content (AvgIpc) is 3.05. The van der Waals surface area contributed by atoms with E-state index in [1.165, 1.54) is 22.3 Å². The zero-order chi connectivity index (χ0) is 16.4. The minimum absolute atomic E-state index is 0.841. The van der Waals surface area contributed by atoms with Crippen molar-refractivity contribution in [1.82, 2.24) is 9.97 Å². The molecule has 0 bridgehead atoms. The third kappa shape index (κ3) is 3.08. The van der Waals surface area contributed by atoms with Gasteiger partial charge in [0.1, 0.15) is 16.9 Å². The summed E-state index contributed by atoms with van der Waals surface area (Å²) in [7, 11) is 0. The van der Waals surface area contributed by atoms with Crippen LogP contribution >= 0.6 is 11.3 Å². The van der Waals surface area contributed by atoms with Gasteiger partial charge < -0.3 is 0 Å². The fourth-order valence-corrected chi connectivity index (χ4v) is 3.67. The molecule has 0 amide bonds. The summed E-state index contributed by atoms with van der Waals surface area (Å²) in [5.41, 5.74) is 4.95. The highest BCUT2D eigenvalue weighted by molar-refractivity contribution is 7.17. The van der Waals surface area contributed by atoms with E-state index >= 15 is 0 Å². The van der Waals surface area contributed by atoms with Crippen LogP contribution in [-0.2, 0) is 12.8 Å². The SMILES string of the molecule is Cc1ccc(-c2csc3nc(CCc4ccccc4)n[c]c23)cc1. The van der Waals surface area contributed by atoms with Crippen LogP contribution in [0.4, 0.5) is 0 Å². The van der Waals surface area contributed by atoms with Crippen LogP contribution in [0.5, 0.6) is 0 Å². The molecule has 117 valence electrons. The standard InChI is InChI=1S/C21H17N2S/c1-15-7-10-17(11-8-15)19-14-24-21-18(19)13-22-20(23-21)12-9-16-5-3-2-4-6-16/h2-8,10-11,14H,9,12H2,1H3.